The Morgan fingerprint density at radius 1 is 0.760 bits per heavy atom. The van der Waals surface area contributed by atoms with E-state index >= 15 is 0 Å². The fraction of sp³-hybridized carbons (Fsp3) is 0.944. The molecule has 2 aliphatic heterocycles. The van der Waals surface area contributed by atoms with Crippen molar-refractivity contribution in [1.82, 2.24) is 13.5 Å². The van der Waals surface area contributed by atoms with Crippen molar-refractivity contribution < 1.29 is 13.2 Å². The van der Waals surface area contributed by atoms with Crippen LogP contribution < -0.4 is 0 Å². The maximum absolute atomic E-state index is 12.8. The molecule has 25 heavy (non-hydrogen) atoms. The summed E-state index contributed by atoms with van der Waals surface area (Å²) in [5, 5.41) is 0. The molecule has 0 spiro atoms. The monoisotopic (exact) mass is 371 g/mol. The Morgan fingerprint density at radius 3 is 1.92 bits per heavy atom. The smallest absolute Gasteiger partial charge is 0.282 e. The van der Waals surface area contributed by atoms with Crippen molar-refractivity contribution in [1.29, 1.82) is 0 Å². The summed E-state index contributed by atoms with van der Waals surface area (Å²) in [6.45, 7) is 3.24. The van der Waals surface area contributed by atoms with Gasteiger partial charge >= 0.3 is 0 Å². The molecule has 0 aromatic carbocycles. The summed E-state index contributed by atoms with van der Waals surface area (Å²) in [4.78, 5) is 14.3. The van der Waals surface area contributed by atoms with E-state index in [-0.39, 0.29) is 5.91 Å². The molecular weight excluding hydrogens is 338 g/mol. The third-order valence-corrected chi connectivity index (χ3v) is 8.09. The molecule has 7 heteroatoms. The lowest BCUT2D eigenvalue weighted by atomic mass is 10.0. The summed E-state index contributed by atoms with van der Waals surface area (Å²) in [7, 11) is -3.35. The zero-order chi connectivity index (χ0) is 17.7. The summed E-state index contributed by atoms with van der Waals surface area (Å²) >= 11 is 0. The maximum atomic E-state index is 12.8. The Morgan fingerprint density at radius 2 is 1.32 bits per heavy atom. The van der Waals surface area contributed by atoms with Gasteiger partial charge in [-0.05, 0) is 25.2 Å². The van der Waals surface area contributed by atoms with Crippen LogP contribution in [0, 0.1) is 5.92 Å². The predicted molar refractivity (Wildman–Crippen MR) is 98.3 cm³/mol. The highest BCUT2D eigenvalue weighted by Gasteiger charge is 2.33. The molecule has 0 radical (unpaired) electrons. The molecule has 2 saturated heterocycles. The first-order valence-electron chi connectivity index (χ1n) is 10.1. The van der Waals surface area contributed by atoms with E-state index in [1.54, 1.807) is 8.61 Å². The van der Waals surface area contributed by atoms with E-state index in [9.17, 15) is 13.2 Å². The van der Waals surface area contributed by atoms with E-state index in [0.29, 0.717) is 45.7 Å². The topological polar surface area (TPSA) is 60.9 Å². The molecule has 0 unspecified atom stereocenters. The molecule has 3 fully saturated rings. The maximum Gasteiger partial charge on any atom is 0.282 e. The number of hydrogen-bond donors (Lipinski definition) is 0. The van der Waals surface area contributed by atoms with Crippen LogP contribution in [0.25, 0.3) is 0 Å². The van der Waals surface area contributed by atoms with Crippen molar-refractivity contribution in [2.24, 2.45) is 5.92 Å². The average Bonchev–Trinajstić information content (AvgIpc) is 2.99. The minimum atomic E-state index is -3.35. The van der Waals surface area contributed by atoms with E-state index in [4.69, 9.17) is 0 Å². The van der Waals surface area contributed by atoms with Gasteiger partial charge in [0.25, 0.3) is 10.2 Å². The average molecular weight is 372 g/mol. The fourth-order valence-electron chi connectivity index (χ4n) is 4.39. The van der Waals surface area contributed by atoms with Crippen LogP contribution in [-0.2, 0) is 15.0 Å². The van der Waals surface area contributed by atoms with Gasteiger partial charge in [-0.15, -0.1) is 0 Å². The van der Waals surface area contributed by atoms with Gasteiger partial charge in [0.1, 0.15) is 0 Å². The molecule has 3 aliphatic rings. The van der Waals surface area contributed by atoms with Gasteiger partial charge in [0.2, 0.25) is 5.91 Å². The number of carbonyl (C=O) groups excluding carboxylic acids is 1. The highest BCUT2D eigenvalue weighted by molar-refractivity contribution is 7.86. The van der Waals surface area contributed by atoms with Crippen LogP contribution in [0.15, 0.2) is 0 Å². The zero-order valence-electron chi connectivity index (χ0n) is 15.4. The van der Waals surface area contributed by atoms with Crippen LogP contribution in [-0.4, -0.2) is 67.1 Å². The van der Waals surface area contributed by atoms with Crippen molar-refractivity contribution in [3.63, 3.8) is 0 Å². The number of rotatable bonds is 5. The second-order valence-electron chi connectivity index (χ2n) is 7.79. The van der Waals surface area contributed by atoms with Crippen LogP contribution in [0.5, 0.6) is 0 Å². The summed E-state index contributed by atoms with van der Waals surface area (Å²) in [5.41, 5.74) is 0. The third kappa shape index (κ3) is 4.95. The molecule has 1 amide bonds. The van der Waals surface area contributed by atoms with Crippen LogP contribution in [0.3, 0.4) is 0 Å². The van der Waals surface area contributed by atoms with Gasteiger partial charge in [-0.2, -0.15) is 17.0 Å². The Balaban J connectivity index is 1.46. The highest BCUT2D eigenvalue weighted by atomic mass is 32.2. The second-order valence-corrected chi connectivity index (χ2v) is 9.72. The number of carbonyl (C=O) groups is 1. The fourth-order valence-corrected chi connectivity index (χ4v) is 6.06. The summed E-state index contributed by atoms with van der Waals surface area (Å²) in [6, 6.07) is 0. The Bertz CT molecular complexity index is 530. The van der Waals surface area contributed by atoms with Crippen molar-refractivity contribution in [2.75, 3.05) is 39.3 Å². The minimum absolute atomic E-state index is 0.207. The number of hydrogen-bond acceptors (Lipinski definition) is 3. The first kappa shape index (κ1) is 19.1. The molecule has 0 atom stereocenters. The third-order valence-electron chi connectivity index (χ3n) is 6.05. The van der Waals surface area contributed by atoms with Gasteiger partial charge < -0.3 is 4.90 Å². The molecule has 0 aromatic rings. The first-order valence-corrected chi connectivity index (χ1v) is 11.5. The van der Waals surface area contributed by atoms with Crippen LogP contribution in [0.4, 0.5) is 0 Å². The van der Waals surface area contributed by atoms with E-state index < -0.39 is 10.2 Å². The molecule has 0 N–H and O–H groups in total. The van der Waals surface area contributed by atoms with E-state index in [1.165, 1.54) is 25.7 Å². The standard InChI is InChI=1S/C18H33N3O3S/c22-18(10-9-17-7-3-4-8-17)19-13-15-21(16-14-19)25(23,24)20-11-5-1-2-6-12-20/h17H,1-16H2. The lowest BCUT2D eigenvalue weighted by Gasteiger charge is -2.36. The molecule has 144 valence electrons. The Kier molecular flexibility index (Phi) is 6.74. The first-order chi connectivity index (χ1) is 12.1. The van der Waals surface area contributed by atoms with Crippen LogP contribution in [0.1, 0.15) is 64.2 Å². The lowest BCUT2D eigenvalue weighted by Crippen LogP contribution is -2.54. The molecule has 0 aromatic heterocycles. The summed E-state index contributed by atoms with van der Waals surface area (Å²) in [5.74, 6) is 0.937. The molecule has 3 rings (SSSR count). The van der Waals surface area contributed by atoms with Gasteiger partial charge in [-0.3, -0.25) is 4.79 Å². The Hall–Kier alpha value is -0.660. The van der Waals surface area contributed by atoms with E-state index in [2.05, 4.69) is 0 Å². The summed E-state index contributed by atoms with van der Waals surface area (Å²) in [6.07, 6.45) is 11.0. The van der Waals surface area contributed by atoms with Gasteiger partial charge in [0.05, 0.1) is 0 Å². The highest BCUT2D eigenvalue weighted by Crippen LogP contribution is 2.28. The molecular formula is C18H33N3O3S. The lowest BCUT2D eigenvalue weighted by molar-refractivity contribution is -0.132. The van der Waals surface area contributed by atoms with Crippen molar-refractivity contribution in [3.8, 4) is 0 Å². The molecule has 0 bridgehead atoms. The second kappa shape index (κ2) is 8.82. The molecule has 6 nitrogen and oxygen atoms in total. The minimum Gasteiger partial charge on any atom is -0.340 e. The van der Waals surface area contributed by atoms with Gasteiger partial charge in [-0.1, -0.05) is 38.5 Å². The van der Waals surface area contributed by atoms with Crippen molar-refractivity contribution in [3.05, 3.63) is 0 Å². The normalized spacial score (nSPS) is 25.2. The van der Waals surface area contributed by atoms with Crippen molar-refractivity contribution >= 4 is 16.1 Å². The predicted octanol–water partition coefficient (Wildman–Crippen LogP) is 2.22. The van der Waals surface area contributed by atoms with Gasteiger partial charge in [0.15, 0.2) is 0 Å². The van der Waals surface area contributed by atoms with Crippen LogP contribution >= 0.6 is 0 Å². The molecule has 1 saturated carbocycles. The van der Waals surface area contributed by atoms with Gasteiger partial charge in [-0.25, -0.2) is 0 Å². The van der Waals surface area contributed by atoms with Gasteiger partial charge in [0, 0.05) is 45.7 Å². The number of amides is 1. The number of piperazine rings is 1. The molecule has 1 aliphatic carbocycles. The van der Waals surface area contributed by atoms with E-state index in [1.807, 2.05) is 4.90 Å². The van der Waals surface area contributed by atoms with E-state index in [0.717, 1.165) is 38.0 Å². The SMILES string of the molecule is O=C(CCC1CCCC1)N1CCN(S(=O)(=O)N2CCCCCC2)CC1. The van der Waals surface area contributed by atoms with Crippen LogP contribution in [0.2, 0.25) is 0 Å². The Labute approximate surface area is 152 Å². The zero-order valence-corrected chi connectivity index (χ0v) is 16.2. The molecule has 2 heterocycles. The summed E-state index contributed by atoms with van der Waals surface area (Å²) < 4.78 is 28.9. The number of nitrogens with zero attached hydrogens (tertiary/aromatic N) is 3. The quantitative estimate of drug-likeness (QED) is 0.744. The van der Waals surface area contributed by atoms with Crippen molar-refractivity contribution in [2.45, 2.75) is 64.2 Å². The largest absolute Gasteiger partial charge is 0.340 e.